The van der Waals surface area contributed by atoms with Crippen LogP contribution >= 0.6 is 11.6 Å². The summed E-state index contributed by atoms with van der Waals surface area (Å²) in [6, 6.07) is 0. The number of nitrogens with zero attached hydrogens (tertiary/aromatic N) is 4. The fourth-order valence-corrected chi connectivity index (χ4v) is 3.23. The number of rotatable bonds is 4. The maximum absolute atomic E-state index is 11.1. The van der Waals surface area contributed by atoms with E-state index in [1.54, 1.807) is 6.92 Å². The molecule has 2 aromatic rings. The van der Waals surface area contributed by atoms with Gasteiger partial charge in [0.2, 0.25) is 0 Å². The van der Waals surface area contributed by atoms with Crippen molar-refractivity contribution in [3.63, 3.8) is 0 Å². The van der Waals surface area contributed by atoms with Gasteiger partial charge < -0.3 is 25.8 Å². The van der Waals surface area contributed by atoms with E-state index >= 15 is 0 Å². The Labute approximate surface area is 142 Å². The molecule has 1 saturated heterocycles. The van der Waals surface area contributed by atoms with E-state index in [1.807, 2.05) is 0 Å². The molecule has 0 aliphatic carbocycles. The van der Waals surface area contributed by atoms with Crippen molar-refractivity contribution in [2.24, 2.45) is 0 Å². The number of alkyl halides is 1. The van der Waals surface area contributed by atoms with E-state index in [9.17, 15) is 15.3 Å². The molecule has 2 aromatic heterocycles. The molecule has 4 atom stereocenters. The smallest absolute Gasteiger partial charge is 0.173 e. The van der Waals surface area contributed by atoms with Crippen LogP contribution in [0.1, 0.15) is 13.2 Å². The summed E-state index contributed by atoms with van der Waals surface area (Å²) in [5, 5.41) is 31.5. The fourth-order valence-electron chi connectivity index (χ4n) is 2.94. The third-order valence-electron chi connectivity index (χ3n) is 4.46. The van der Waals surface area contributed by atoms with Crippen LogP contribution in [0.5, 0.6) is 0 Å². The van der Waals surface area contributed by atoms with Gasteiger partial charge in [-0.1, -0.05) is 6.58 Å². The molecule has 1 aliphatic rings. The van der Waals surface area contributed by atoms with Gasteiger partial charge in [-0.15, -0.1) is 11.6 Å². The highest BCUT2D eigenvalue weighted by atomic mass is 35.5. The first-order valence-electron chi connectivity index (χ1n) is 7.16. The second kappa shape index (κ2) is 5.64. The summed E-state index contributed by atoms with van der Waals surface area (Å²) >= 11 is 5.91. The number of hydrogen-bond acceptors (Lipinski definition) is 8. The van der Waals surface area contributed by atoms with Crippen LogP contribution in [0.4, 0.5) is 5.82 Å². The number of aliphatic hydroxyl groups is 3. The number of imidazole rings is 1. The summed E-state index contributed by atoms with van der Waals surface area (Å²) in [6.07, 6.45) is -0.0493. The van der Waals surface area contributed by atoms with Crippen LogP contribution in [-0.4, -0.2) is 64.6 Å². The van der Waals surface area contributed by atoms with Gasteiger partial charge in [-0.2, -0.15) is 0 Å². The van der Waals surface area contributed by atoms with Crippen molar-refractivity contribution in [3.8, 4) is 0 Å². The number of nitrogens with two attached hydrogens (primary N) is 1. The van der Waals surface area contributed by atoms with E-state index < -0.39 is 30.1 Å². The van der Waals surface area contributed by atoms with Crippen LogP contribution < -0.4 is 5.73 Å². The largest absolute Gasteiger partial charge is 0.393 e. The first-order chi connectivity index (χ1) is 11.3. The lowest BCUT2D eigenvalue weighted by Crippen LogP contribution is -2.54. The number of nitrogen functional groups attached to an aromatic ring is 1. The van der Waals surface area contributed by atoms with Gasteiger partial charge in [0.25, 0.3) is 0 Å². The van der Waals surface area contributed by atoms with Crippen molar-refractivity contribution in [1.82, 2.24) is 19.5 Å². The van der Waals surface area contributed by atoms with E-state index in [2.05, 4.69) is 21.5 Å². The van der Waals surface area contributed by atoms with Crippen LogP contribution in [0.25, 0.3) is 11.2 Å². The molecule has 0 aromatic carbocycles. The molecule has 0 spiro atoms. The van der Waals surface area contributed by atoms with Crippen molar-refractivity contribution >= 4 is 28.6 Å². The number of fused-ring (bicyclic) bond motifs is 1. The van der Waals surface area contributed by atoms with Crippen LogP contribution in [-0.2, 0) is 4.74 Å². The molecule has 1 aliphatic heterocycles. The van der Waals surface area contributed by atoms with Gasteiger partial charge in [0.05, 0.1) is 18.8 Å². The van der Waals surface area contributed by atoms with Crippen LogP contribution in [0.2, 0.25) is 0 Å². The predicted octanol–water partition coefficient (Wildman–Crippen LogP) is -0.425. The van der Waals surface area contributed by atoms with Crippen molar-refractivity contribution in [2.45, 2.75) is 30.5 Å². The lowest BCUT2D eigenvalue weighted by Gasteiger charge is -2.33. The first kappa shape index (κ1) is 17.1. The summed E-state index contributed by atoms with van der Waals surface area (Å²) in [6.45, 7) is 4.70. The topological polar surface area (TPSA) is 140 Å². The number of aliphatic hydroxyl groups excluding tert-OH is 2. The number of hydrogen-bond donors (Lipinski definition) is 4. The van der Waals surface area contributed by atoms with Crippen molar-refractivity contribution < 1.29 is 20.1 Å². The Morgan fingerprint density at radius 3 is 2.79 bits per heavy atom. The lowest BCUT2D eigenvalue weighted by atomic mass is 9.83. The highest BCUT2D eigenvalue weighted by Gasteiger charge is 2.64. The Kier molecular flexibility index (Phi) is 4.01. The number of halogens is 1. The molecule has 5 N–H and O–H groups in total. The molecule has 3 rings (SSSR count). The molecule has 10 heteroatoms. The minimum atomic E-state index is -1.91. The van der Waals surface area contributed by atoms with Gasteiger partial charge in [0, 0.05) is 0 Å². The molecular weight excluding hydrogens is 338 g/mol. The Hall–Kier alpha value is -1.78. The quantitative estimate of drug-likeness (QED) is 0.428. The molecule has 0 bridgehead atoms. The molecule has 3 heterocycles. The Bertz CT molecular complexity index is 793. The zero-order valence-electron chi connectivity index (χ0n) is 12.9. The summed E-state index contributed by atoms with van der Waals surface area (Å²) in [7, 11) is 0. The van der Waals surface area contributed by atoms with E-state index in [4.69, 9.17) is 22.1 Å². The van der Waals surface area contributed by atoms with Gasteiger partial charge in [-0.3, -0.25) is 4.57 Å². The zero-order chi connectivity index (χ0) is 17.7. The third kappa shape index (κ3) is 2.06. The van der Waals surface area contributed by atoms with Crippen molar-refractivity contribution in [3.05, 3.63) is 24.8 Å². The second-order valence-corrected chi connectivity index (χ2v) is 6.19. The SMILES string of the molecule is C=C(C)[C@@]1(O)[C@H](O)[C@](CO)(CCl)O[C@H]1n1cnc2c(N)ncnc21. The van der Waals surface area contributed by atoms with Crippen LogP contribution in [0.15, 0.2) is 24.8 Å². The van der Waals surface area contributed by atoms with E-state index in [0.29, 0.717) is 11.2 Å². The highest BCUT2D eigenvalue weighted by molar-refractivity contribution is 6.18. The molecule has 0 amide bonds. The Balaban J connectivity index is 2.21. The van der Waals surface area contributed by atoms with Gasteiger partial charge in [0.15, 0.2) is 23.3 Å². The van der Waals surface area contributed by atoms with E-state index in [-0.39, 0.29) is 17.3 Å². The second-order valence-electron chi connectivity index (χ2n) is 5.92. The summed E-state index contributed by atoms with van der Waals surface area (Å²) in [4.78, 5) is 12.1. The number of ether oxygens (including phenoxy) is 1. The van der Waals surface area contributed by atoms with Crippen LogP contribution in [0.3, 0.4) is 0 Å². The van der Waals surface area contributed by atoms with Crippen molar-refractivity contribution in [1.29, 1.82) is 0 Å². The molecular formula is C14H18ClN5O4. The van der Waals surface area contributed by atoms with Gasteiger partial charge >= 0.3 is 0 Å². The number of aromatic nitrogens is 4. The molecule has 0 radical (unpaired) electrons. The Morgan fingerprint density at radius 2 is 2.21 bits per heavy atom. The average molecular weight is 356 g/mol. The molecule has 0 unspecified atom stereocenters. The molecule has 0 saturated carbocycles. The zero-order valence-corrected chi connectivity index (χ0v) is 13.7. The minimum Gasteiger partial charge on any atom is -0.393 e. The lowest BCUT2D eigenvalue weighted by molar-refractivity contribution is -0.116. The normalized spacial score (nSPS) is 33.2. The molecule has 130 valence electrons. The van der Waals surface area contributed by atoms with Crippen molar-refractivity contribution in [2.75, 3.05) is 18.2 Å². The Morgan fingerprint density at radius 1 is 1.50 bits per heavy atom. The van der Waals surface area contributed by atoms with Crippen LogP contribution in [0, 0.1) is 0 Å². The maximum atomic E-state index is 11.1. The highest BCUT2D eigenvalue weighted by Crippen LogP contribution is 2.48. The van der Waals surface area contributed by atoms with E-state index in [1.165, 1.54) is 17.2 Å². The first-order valence-corrected chi connectivity index (χ1v) is 7.69. The molecule has 1 fully saturated rings. The number of anilines is 1. The fraction of sp³-hybridized carbons (Fsp3) is 0.500. The summed E-state index contributed by atoms with van der Waals surface area (Å²) in [5.41, 5.74) is 3.17. The molecule has 24 heavy (non-hydrogen) atoms. The summed E-state index contributed by atoms with van der Waals surface area (Å²) in [5.74, 6) is -0.0672. The third-order valence-corrected chi connectivity index (χ3v) is 4.91. The maximum Gasteiger partial charge on any atom is 0.173 e. The van der Waals surface area contributed by atoms with Gasteiger partial charge in [0.1, 0.15) is 23.5 Å². The van der Waals surface area contributed by atoms with Gasteiger partial charge in [-0.25, -0.2) is 15.0 Å². The standard InChI is InChI=1S/C14H18ClN5O4/c1-7(2)14(23)11(22)13(3-15,4-21)24-12(14)20-6-19-8-9(16)17-5-18-10(8)20/h5-6,11-12,21-23H,1,3-4H2,2H3,(H2,16,17,18)/t11-,12-,13-,14-/m1/s1. The average Bonchev–Trinajstić information content (AvgIpc) is 3.09. The predicted molar refractivity (Wildman–Crippen MR) is 86.2 cm³/mol. The molecule has 9 nitrogen and oxygen atoms in total. The minimum absolute atomic E-state index is 0.168. The summed E-state index contributed by atoms with van der Waals surface area (Å²) < 4.78 is 7.22. The van der Waals surface area contributed by atoms with E-state index in [0.717, 1.165) is 0 Å². The van der Waals surface area contributed by atoms with Gasteiger partial charge in [-0.05, 0) is 12.5 Å². The monoisotopic (exact) mass is 355 g/mol.